The molecule has 1 heterocycles. The molecular weight excluding hydrogens is 186 g/mol. The lowest BCUT2D eigenvalue weighted by Gasteiger charge is -2.25. The van der Waals surface area contributed by atoms with E-state index in [2.05, 4.69) is 0 Å². The highest BCUT2D eigenvalue weighted by molar-refractivity contribution is 7.91. The third-order valence-corrected chi connectivity index (χ3v) is 4.01. The molecule has 3 nitrogen and oxygen atoms in total. The second-order valence-electron chi connectivity index (χ2n) is 2.94. The molecule has 0 amide bonds. The minimum Gasteiger partial charge on any atom is -0.229 e. The Balaban J connectivity index is 2.53. The van der Waals surface area contributed by atoms with Gasteiger partial charge in [0.15, 0.2) is 0 Å². The average Bonchev–Trinajstić information content (AvgIpc) is 1.86. The van der Waals surface area contributed by atoms with Crippen LogP contribution < -0.4 is 0 Å². The average molecular weight is 198 g/mol. The van der Waals surface area contributed by atoms with Gasteiger partial charge in [-0.3, -0.25) is 0 Å². The number of nitrogens with zero attached hydrogens (tertiary/aromatic N) is 1. The van der Waals surface area contributed by atoms with E-state index in [4.69, 9.17) is 11.8 Å². The lowest BCUT2D eigenvalue weighted by Crippen LogP contribution is -2.34. The van der Waals surface area contributed by atoms with Crippen LogP contribution in [-0.4, -0.2) is 37.4 Å². The van der Waals surface area contributed by atoms with Gasteiger partial charge < -0.3 is 0 Å². The van der Waals surface area contributed by atoms with E-state index in [9.17, 15) is 8.42 Å². The summed E-state index contributed by atoms with van der Waals surface area (Å²) in [6.07, 6.45) is 2.63. The molecule has 11 heavy (non-hydrogen) atoms. The van der Waals surface area contributed by atoms with Crippen molar-refractivity contribution < 1.29 is 8.42 Å². The van der Waals surface area contributed by atoms with E-state index in [0.717, 1.165) is 0 Å². The van der Waals surface area contributed by atoms with Crippen molar-refractivity contribution in [3.63, 3.8) is 0 Å². The first-order valence-electron chi connectivity index (χ1n) is 3.60. The van der Waals surface area contributed by atoms with E-state index in [1.165, 1.54) is 6.26 Å². The molecule has 1 aliphatic rings. The third kappa shape index (κ3) is 2.61. The minimum atomic E-state index is -2.83. The van der Waals surface area contributed by atoms with Gasteiger partial charge in [-0.15, -0.1) is 0 Å². The molecule has 1 saturated heterocycles. The number of halogens is 1. The fourth-order valence-corrected chi connectivity index (χ4v) is 2.51. The van der Waals surface area contributed by atoms with Crippen LogP contribution in [0.2, 0.25) is 0 Å². The molecule has 1 fully saturated rings. The Labute approximate surface area is 72.4 Å². The van der Waals surface area contributed by atoms with E-state index < -0.39 is 9.84 Å². The van der Waals surface area contributed by atoms with Crippen molar-refractivity contribution in [2.75, 3.05) is 19.3 Å². The van der Waals surface area contributed by atoms with Gasteiger partial charge in [-0.2, -0.15) is 0 Å². The lowest BCUT2D eigenvalue weighted by molar-refractivity contribution is 0.367. The van der Waals surface area contributed by atoms with Gasteiger partial charge in [-0.25, -0.2) is 12.8 Å². The van der Waals surface area contributed by atoms with E-state index in [-0.39, 0.29) is 5.25 Å². The molecule has 0 aromatic heterocycles. The molecule has 0 aromatic carbocycles. The molecule has 0 aliphatic carbocycles. The van der Waals surface area contributed by atoms with E-state index >= 15 is 0 Å². The van der Waals surface area contributed by atoms with Crippen molar-refractivity contribution in [3.8, 4) is 0 Å². The van der Waals surface area contributed by atoms with E-state index in [1.807, 2.05) is 0 Å². The molecule has 0 bridgehead atoms. The van der Waals surface area contributed by atoms with Crippen LogP contribution in [0.5, 0.6) is 0 Å². The zero-order chi connectivity index (χ0) is 8.48. The largest absolute Gasteiger partial charge is 0.229 e. The third-order valence-electron chi connectivity index (χ3n) is 1.99. The summed E-state index contributed by atoms with van der Waals surface area (Å²) in [4.78, 5) is 0. The zero-order valence-corrected chi connectivity index (χ0v) is 8.03. The SMILES string of the molecule is CS(=O)(=O)C1CCN(Cl)CC1. The summed E-state index contributed by atoms with van der Waals surface area (Å²) in [6, 6.07) is 0. The molecule has 0 atom stereocenters. The van der Waals surface area contributed by atoms with Crippen LogP contribution in [0.1, 0.15) is 12.8 Å². The first-order chi connectivity index (χ1) is 5.00. The van der Waals surface area contributed by atoms with Crippen LogP contribution in [0, 0.1) is 0 Å². The molecule has 0 aromatic rings. The molecule has 0 radical (unpaired) electrons. The van der Waals surface area contributed by atoms with Gasteiger partial charge in [0.25, 0.3) is 0 Å². The number of rotatable bonds is 1. The first kappa shape index (κ1) is 9.29. The predicted octanol–water partition coefficient (Wildman–Crippen LogP) is 0.649. The zero-order valence-electron chi connectivity index (χ0n) is 6.46. The van der Waals surface area contributed by atoms with Crippen molar-refractivity contribution in [1.29, 1.82) is 0 Å². The van der Waals surface area contributed by atoms with Crippen LogP contribution in [0.3, 0.4) is 0 Å². The normalized spacial score (nSPS) is 23.8. The summed E-state index contributed by atoms with van der Waals surface area (Å²) < 4.78 is 23.7. The highest BCUT2D eigenvalue weighted by Gasteiger charge is 2.25. The van der Waals surface area contributed by atoms with Crippen molar-refractivity contribution in [1.82, 2.24) is 4.42 Å². The molecule has 0 N–H and O–H groups in total. The van der Waals surface area contributed by atoms with Gasteiger partial charge in [-0.05, 0) is 24.6 Å². The molecule has 0 spiro atoms. The maximum atomic E-state index is 11.0. The topological polar surface area (TPSA) is 37.4 Å². The molecule has 1 aliphatic heterocycles. The Kier molecular flexibility index (Phi) is 2.78. The Bertz CT molecular complexity index is 219. The number of hydrogen-bond acceptors (Lipinski definition) is 3. The van der Waals surface area contributed by atoms with Gasteiger partial charge in [0.2, 0.25) is 0 Å². The minimum absolute atomic E-state index is 0.169. The Morgan fingerprint density at radius 3 is 2.18 bits per heavy atom. The number of piperidine rings is 1. The quantitative estimate of drug-likeness (QED) is 0.580. The Hall–Kier alpha value is 0.200. The van der Waals surface area contributed by atoms with E-state index in [0.29, 0.717) is 25.9 Å². The van der Waals surface area contributed by atoms with Crippen molar-refractivity contribution in [2.45, 2.75) is 18.1 Å². The van der Waals surface area contributed by atoms with Gasteiger partial charge in [-0.1, -0.05) is 0 Å². The molecule has 1 rings (SSSR count). The lowest BCUT2D eigenvalue weighted by atomic mass is 10.2. The summed E-state index contributed by atoms with van der Waals surface area (Å²) in [6.45, 7) is 1.36. The van der Waals surface area contributed by atoms with E-state index in [1.54, 1.807) is 4.42 Å². The fraction of sp³-hybridized carbons (Fsp3) is 1.00. The van der Waals surface area contributed by atoms with Crippen LogP contribution in [0.15, 0.2) is 0 Å². The monoisotopic (exact) mass is 197 g/mol. The fourth-order valence-electron chi connectivity index (χ4n) is 1.25. The Morgan fingerprint density at radius 1 is 1.36 bits per heavy atom. The summed E-state index contributed by atoms with van der Waals surface area (Å²) in [5.74, 6) is 0. The molecule has 0 unspecified atom stereocenters. The van der Waals surface area contributed by atoms with Crippen molar-refractivity contribution >= 4 is 21.6 Å². The number of sulfone groups is 1. The summed E-state index contributed by atoms with van der Waals surface area (Å²) >= 11 is 5.67. The second-order valence-corrected chi connectivity index (χ2v) is 5.74. The van der Waals surface area contributed by atoms with Crippen molar-refractivity contribution in [2.24, 2.45) is 0 Å². The Morgan fingerprint density at radius 2 is 1.82 bits per heavy atom. The highest BCUT2D eigenvalue weighted by atomic mass is 35.5. The van der Waals surface area contributed by atoms with Gasteiger partial charge in [0, 0.05) is 19.3 Å². The van der Waals surface area contributed by atoms with Gasteiger partial charge >= 0.3 is 0 Å². The molecule has 0 saturated carbocycles. The maximum absolute atomic E-state index is 11.0. The smallest absolute Gasteiger partial charge is 0.150 e. The maximum Gasteiger partial charge on any atom is 0.150 e. The van der Waals surface area contributed by atoms with Crippen molar-refractivity contribution in [3.05, 3.63) is 0 Å². The second kappa shape index (κ2) is 3.29. The van der Waals surface area contributed by atoms with Gasteiger partial charge in [0.1, 0.15) is 9.84 Å². The first-order valence-corrected chi connectivity index (χ1v) is 5.89. The number of hydrogen-bond donors (Lipinski definition) is 0. The predicted molar refractivity (Wildman–Crippen MR) is 45.3 cm³/mol. The van der Waals surface area contributed by atoms with Crippen LogP contribution in [0.25, 0.3) is 0 Å². The molecule has 66 valence electrons. The molecule has 5 heteroatoms. The van der Waals surface area contributed by atoms with Crippen LogP contribution >= 0.6 is 11.8 Å². The summed E-state index contributed by atoms with van der Waals surface area (Å²) in [5.41, 5.74) is 0. The van der Waals surface area contributed by atoms with Crippen LogP contribution in [-0.2, 0) is 9.84 Å². The van der Waals surface area contributed by atoms with Crippen LogP contribution in [0.4, 0.5) is 0 Å². The molecular formula is C6H12ClNO2S. The van der Waals surface area contributed by atoms with Gasteiger partial charge in [0.05, 0.1) is 5.25 Å². The standard InChI is InChI=1S/C6H12ClNO2S/c1-11(9,10)6-2-4-8(7)5-3-6/h6H,2-5H2,1H3. The summed E-state index contributed by atoms with van der Waals surface area (Å²) in [5, 5.41) is -0.169. The highest BCUT2D eigenvalue weighted by Crippen LogP contribution is 2.17. The summed E-state index contributed by atoms with van der Waals surface area (Å²) in [7, 11) is -2.83.